The molecule has 0 fully saturated rings. The van der Waals surface area contributed by atoms with Crippen LogP contribution in [-0.4, -0.2) is 24.9 Å². The summed E-state index contributed by atoms with van der Waals surface area (Å²) in [5.74, 6) is 0. The van der Waals surface area contributed by atoms with E-state index in [0.29, 0.717) is 21.2 Å². The highest BCUT2D eigenvalue weighted by molar-refractivity contribution is 8.00. The first-order valence-electron chi connectivity index (χ1n) is 10.5. The van der Waals surface area contributed by atoms with Crippen molar-refractivity contribution in [1.29, 1.82) is 0 Å². The smallest absolute Gasteiger partial charge is 0.282 e. The van der Waals surface area contributed by atoms with Crippen molar-refractivity contribution in [2.45, 2.75) is 24.1 Å². The van der Waals surface area contributed by atoms with Crippen LogP contribution in [0.25, 0.3) is 5.69 Å². The summed E-state index contributed by atoms with van der Waals surface area (Å²) >= 11 is 24.6. The molecule has 2 aromatic carbocycles. The molecule has 0 aliphatic rings. The first-order valence-corrected chi connectivity index (χ1v) is 13.0. The van der Waals surface area contributed by atoms with Crippen LogP contribution in [0.2, 0.25) is 15.1 Å². The number of aromatic nitrogens is 4. The molecule has 1 unspecified atom stereocenters. The number of aromatic amines is 1. The van der Waals surface area contributed by atoms with Gasteiger partial charge in [0, 0.05) is 26.8 Å². The molecule has 0 spiro atoms. The van der Waals surface area contributed by atoms with E-state index in [1.807, 2.05) is 26.0 Å². The molecule has 1 N–H and O–H groups in total. The lowest BCUT2D eigenvalue weighted by Crippen LogP contribution is -2.30. The molecule has 186 valence electrons. The molecule has 2 heterocycles. The van der Waals surface area contributed by atoms with Gasteiger partial charge in [0.05, 0.1) is 16.5 Å². The molecule has 0 saturated carbocycles. The monoisotopic (exact) mass is 580 g/mol. The van der Waals surface area contributed by atoms with E-state index < -0.39 is 21.6 Å². The second-order valence-corrected chi connectivity index (χ2v) is 9.64. The average molecular weight is 582 g/mol. The molecule has 0 saturated heterocycles. The second kappa shape index (κ2) is 12.6. The van der Waals surface area contributed by atoms with Crippen molar-refractivity contribution in [3.8, 4) is 5.69 Å². The number of nitrogens with zero attached hydrogens (tertiary/aromatic N) is 3. The van der Waals surface area contributed by atoms with E-state index >= 15 is 0 Å². The predicted octanol–water partition coefficient (Wildman–Crippen LogP) is 6.25. The number of carbonyl (C=O) groups is 1. The van der Waals surface area contributed by atoms with Crippen molar-refractivity contribution >= 4 is 64.3 Å². The number of nitrogens with one attached hydrogen (secondary N) is 1. The van der Waals surface area contributed by atoms with Crippen molar-refractivity contribution < 1.29 is 4.79 Å². The number of thiol groups is 1. The van der Waals surface area contributed by atoms with E-state index in [1.54, 1.807) is 30.5 Å². The number of benzene rings is 2. The van der Waals surface area contributed by atoms with Crippen molar-refractivity contribution in [1.82, 2.24) is 19.7 Å². The van der Waals surface area contributed by atoms with Gasteiger partial charge in [0.2, 0.25) is 5.12 Å². The summed E-state index contributed by atoms with van der Waals surface area (Å²) in [7, 11) is 0. The number of rotatable bonds is 6. The Bertz CT molecular complexity index is 1480. The van der Waals surface area contributed by atoms with Crippen LogP contribution in [0.3, 0.4) is 0 Å². The molecule has 0 amide bonds. The maximum Gasteiger partial charge on any atom is 0.349 e. The molecular weight excluding hydrogens is 563 g/mol. The van der Waals surface area contributed by atoms with Gasteiger partial charge in [-0.05, 0) is 42.0 Å². The van der Waals surface area contributed by atoms with Crippen LogP contribution in [0.5, 0.6) is 0 Å². The fourth-order valence-electron chi connectivity index (χ4n) is 3.17. The minimum atomic E-state index is -0.735. The lowest BCUT2D eigenvalue weighted by atomic mass is 10.0. The summed E-state index contributed by atoms with van der Waals surface area (Å²) in [6.45, 7) is 4.00. The zero-order valence-electron chi connectivity index (χ0n) is 18.9. The zero-order chi connectivity index (χ0) is 26.4. The van der Waals surface area contributed by atoms with Crippen LogP contribution in [0, 0.1) is 0 Å². The lowest BCUT2D eigenvalue weighted by Gasteiger charge is -2.21. The minimum absolute atomic E-state index is 0.240. The predicted molar refractivity (Wildman–Crippen MR) is 149 cm³/mol. The van der Waals surface area contributed by atoms with E-state index in [-0.39, 0.29) is 15.7 Å². The van der Waals surface area contributed by atoms with E-state index in [1.165, 1.54) is 23.9 Å². The third-order valence-corrected chi connectivity index (χ3v) is 7.10. The van der Waals surface area contributed by atoms with Crippen LogP contribution in [0.1, 0.15) is 40.6 Å². The maximum atomic E-state index is 12.2. The van der Waals surface area contributed by atoms with Gasteiger partial charge in [-0.25, -0.2) is 9.78 Å². The molecule has 36 heavy (non-hydrogen) atoms. The number of pyridine rings is 1. The normalized spacial score (nSPS) is 11.4. The fourth-order valence-corrected chi connectivity index (χ4v) is 5.67. The first kappa shape index (κ1) is 28.0. The van der Waals surface area contributed by atoms with Crippen molar-refractivity contribution in [3.05, 3.63) is 114 Å². The van der Waals surface area contributed by atoms with Crippen LogP contribution in [0.15, 0.2) is 75.5 Å². The number of thioether (sulfide) groups is 1. The summed E-state index contributed by atoms with van der Waals surface area (Å²) < 4.78 is 0.976. The maximum absolute atomic E-state index is 12.2. The van der Waals surface area contributed by atoms with E-state index in [9.17, 15) is 14.4 Å². The molecule has 12 heteroatoms. The largest absolute Gasteiger partial charge is 0.349 e. The SMILES string of the molecule is CC.O=C(S)c1cccnc1SC(c1ccc(Cl)cc1)c1c(Cl)cc(-n2ncc(=O)[nH]c2=O)cc1Cl. The summed E-state index contributed by atoms with van der Waals surface area (Å²) in [5, 5.41) is 4.39. The van der Waals surface area contributed by atoms with Crippen molar-refractivity contribution in [2.24, 2.45) is 0 Å². The third kappa shape index (κ3) is 6.41. The quantitative estimate of drug-likeness (QED) is 0.206. The second-order valence-electron chi connectivity index (χ2n) is 6.88. The van der Waals surface area contributed by atoms with Crippen LogP contribution < -0.4 is 11.2 Å². The molecule has 0 radical (unpaired) electrons. The van der Waals surface area contributed by atoms with Gasteiger partial charge in [-0.1, -0.05) is 72.5 Å². The van der Waals surface area contributed by atoms with Gasteiger partial charge in [0.25, 0.3) is 5.56 Å². The zero-order valence-corrected chi connectivity index (χ0v) is 22.9. The molecule has 0 aliphatic carbocycles. The standard InChI is InChI=1S/C22H13Cl3N4O3S2.C2H6/c23-12-5-3-11(4-6-12)19(34-20-14(21(31)33)2-1-7-26-20)18-15(24)8-13(9-16(18)25)29-22(32)28-17(30)10-27-29;1-2/h1-10,19H,(H,31,33)(H,28,30,32);1-2H3. The Hall–Kier alpha value is -2.56. The Labute approximate surface area is 231 Å². The molecule has 2 aromatic heterocycles. The molecule has 4 aromatic rings. The Morgan fingerprint density at radius 2 is 1.69 bits per heavy atom. The van der Waals surface area contributed by atoms with Crippen molar-refractivity contribution in [2.75, 3.05) is 0 Å². The highest BCUT2D eigenvalue weighted by Gasteiger charge is 2.25. The Morgan fingerprint density at radius 1 is 1.06 bits per heavy atom. The number of hydrogen-bond donors (Lipinski definition) is 2. The average Bonchev–Trinajstić information content (AvgIpc) is 2.85. The molecule has 0 bridgehead atoms. The lowest BCUT2D eigenvalue weighted by molar-refractivity contribution is 0.108. The van der Waals surface area contributed by atoms with Crippen LogP contribution >= 0.6 is 59.2 Å². The molecule has 0 aliphatic heterocycles. The van der Waals surface area contributed by atoms with E-state index in [2.05, 4.69) is 27.7 Å². The van der Waals surface area contributed by atoms with E-state index in [0.717, 1.165) is 16.4 Å². The molecule has 4 rings (SSSR count). The van der Waals surface area contributed by atoms with Crippen LogP contribution in [-0.2, 0) is 0 Å². The van der Waals surface area contributed by atoms with Crippen molar-refractivity contribution in [3.63, 3.8) is 0 Å². The Balaban J connectivity index is 0.00000176. The Morgan fingerprint density at radius 3 is 2.28 bits per heavy atom. The number of carbonyl (C=O) groups excluding carboxylic acids is 1. The Kier molecular flexibility index (Phi) is 9.81. The van der Waals surface area contributed by atoms with Gasteiger partial charge >= 0.3 is 5.69 Å². The highest BCUT2D eigenvalue weighted by atomic mass is 35.5. The summed E-state index contributed by atoms with van der Waals surface area (Å²) in [4.78, 5) is 42.0. The number of halogens is 3. The summed E-state index contributed by atoms with van der Waals surface area (Å²) in [6.07, 6.45) is 2.54. The highest BCUT2D eigenvalue weighted by Crippen LogP contribution is 2.47. The summed E-state index contributed by atoms with van der Waals surface area (Å²) in [5.41, 5.74) is 0.570. The topological polar surface area (TPSA) is 97.7 Å². The van der Waals surface area contributed by atoms with Gasteiger partial charge in [0.1, 0.15) is 11.2 Å². The molecule has 1 atom stereocenters. The third-order valence-electron chi connectivity index (χ3n) is 4.69. The first-order chi connectivity index (χ1) is 17.2. The number of H-pyrrole nitrogens is 1. The van der Waals surface area contributed by atoms with Gasteiger partial charge in [-0.15, -0.1) is 12.6 Å². The van der Waals surface area contributed by atoms with Gasteiger partial charge in [-0.2, -0.15) is 9.78 Å². The summed E-state index contributed by atoms with van der Waals surface area (Å²) in [6, 6.07) is 13.4. The van der Waals surface area contributed by atoms with E-state index in [4.69, 9.17) is 34.8 Å². The molecular formula is C24H19Cl3N4O3S2. The van der Waals surface area contributed by atoms with Gasteiger partial charge in [-0.3, -0.25) is 14.6 Å². The van der Waals surface area contributed by atoms with Gasteiger partial charge in [0.15, 0.2) is 0 Å². The number of hydrogen-bond acceptors (Lipinski definition) is 6. The minimum Gasteiger partial charge on any atom is -0.282 e. The van der Waals surface area contributed by atoms with Crippen LogP contribution in [0.4, 0.5) is 0 Å². The molecule has 7 nitrogen and oxygen atoms in total. The van der Waals surface area contributed by atoms with Gasteiger partial charge < -0.3 is 0 Å². The fraction of sp³-hybridized carbons (Fsp3) is 0.125.